The van der Waals surface area contributed by atoms with E-state index in [2.05, 4.69) is 35.8 Å². The highest BCUT2D eigenvalue weighted by Crippen LogP contribution is 2.21. The first-order valence-corrected chi connectivity index (χ1v) is 7.60. The first kappa shape index (κ1) is 15.6. The Balaban J connectivity index is 1.57. The molecule has 0 unspecified atom stereocenters. The summed E-state index contributed by atoms with van der Waals surface area (Å²) >= 11 is 0. The van der Waals surface area contributed by atoms with E-state index in [0.29, 0.717) is 17.1 Å². The van der Waals surface area contributed by atoms with Gasteiger partial charge in [0.05, 0.1) is 17.6 Å². The van der Waals surface area contributed by atoms with Gasteiger partial charge in [-0.2, -0.15) is 9.67 Å². The second kappa shape index (κ2) is 6.51. The zero-order valence-electron chi connectivity index (χ0n) is 13.6. The van der Waals surface area contributed by atoms with Gasteiger partial charge in [-0.15, -0.1) is 5.10 Å². The summed E-state index contributed by atoms with van der Waals surface area (Å²) in [7, 11) is 0. The smallest absolute Gasteiger partial charge is 0.302 e. The number of anilines is 1. The van der Waals surface area contributed by atoms with Crippen LogP contribution in [0.5, 0.6) is 0 Å². The van der Waals surface area contributed by atoms with E-state index in [9.17, 15) is 4.79 Å². The van der Waals surface area contributed by atoms with E-state index in [-0.39, 0.29) is 11.8 Å². The SMILES string of the molecule is Cc1cccnc1-c1coc(NC(=O)c2nnnn2-c2cccnc2)n1. The number of aromatic nitrogens is 7. The fraction of sp³-hybridized carbons (Fsp3) is 0.0625. The molecule has 0 bridgehead atoms. The van der Waals surface area contributed by atoms with Crippen LogP contribution in [0.25, 0.3) is 17.1 Å². The minimum Gasteiger partial charge on any atom is -0.431 e. The van der Waals surface area contributed by atoms with Gasteiger partial charge in [-0.3, -0.25) is 20.1 Å². The third-order valence-corrected chi connectivity index (χ3v) is 3.54. The van der Waals surface area contributed by atoms with Gasteiger partial charge in [0.2, 0.25) is 5.82 Å². The summed E-state index contributed by atoms with van der Waals surface area (Å²) in [6, 6.07) is 7.22. The molecule has 10 nitrogen and oxygen atoms in total. The molecule has 10 heteroatoms. The predicted octanol–water partition coefficient (Wildman–Crippen LogP) is 1.67. The third kappa shape index (κ3) is 2.90. The number of aryl methyl sites for hydroxylation is 1. The summed E-state index contributed by atoms with van der Waals surface area (Å²) in [5.74, 6) is -0.586. The topological polar surface area (TPSA) is 125 Å². The van der Waals surface area contributed by atoms with Gasteiger partial charge in [0.15, 0.2) is 0 Å². The van der Waals surface area contributed by atoms with Crippen molar-refractivity contribution in [3.8, 4) is 17.1 Å². The summed E-state index contributed by atoms with van der Waals surface area (Å²) in [5, 5.41) is 13.6. The van der Waals surface area contributed by atoms with Crippen LogP contribution in [-0.4, -0.2) is 41.1 Å². The summed E-state index contributed by atoms with van der Waals surface area (Å²) in [6.07, 6.45) is 6.24. The fourth-order valence-electron chi connectivity index (χ4n) is 2.33. The summed E-state index contributed by atoms with van der Waals surface area (Å²) in [5.41, 5.74) is 2.70. The maximum absolute atomic E-state index is 12.5. The average Bonchev–Trinajstić information content (AvgIpc) is 3.32. The maximum Gasteiger partial charge on any atom is 0.302 e. The Hall–Kier alpha value is -3.95. The van der Waals surface area contributed by atoms with Gasteiger partial charge < -0.3 is 4.42 Å². The fourth-order valence-corrected chi connectivity index (χ4v) is 2.33. The monoisotopic (exact) mass is 348 g/mol. The third-order valence-electron chi connectivity index (χ3n) is 3.54. The minimum atomic E-state index is -0.565. The number of amides is 1. The number of pyridine rings is 2. The average molecular weight is 348 g/mol. The van der Waals surface area contributed by atoms with E-state index in [4.69, 9.17) is 4.42 Å². The lowest BCUT2D eigenvalue weighted by Crippen LogP contribution is -2.18. The van der Waals surface area contributed by atoms with Crippen molar-refractivity contribution in [1.82, 2.24) is 35.2 Å². The summed E-state index contributed by atoms with van der Waals surface area (Å²) < 4.78 is 6.59. The molecule has 0 atom stereocenters. The van der Waals surface area contributed by atoms with Crippen molar-refractivity contribution in [2.75, 3.05) is 5.32 Å². The van der Waals surface area contributed by atoms with Crippen LogP contribution >= 0.6 is 0 Å². The van der Waals surface area contributed by atoms with Crippen LogP contribution in [0.3, 0.4) is 0 Å². The lowest BCUT2D eigenvalue weighted by molar-refractivity contribution is 0.101. The number of carbonyl (C=O) groups is 1. The molecule has 4 aromatic rings. The van der Waals surface area contributed by atoms with E-state index in [1.807, 2.05) is 19.1 Å². The van der Waals surface area contributed by atoms with Gasteiger partial charge >= 0.3 is 6.01 Å². The zero-order valence-corrected chi connectivity index (χ0v) is 13.6. The van der Waals surface area contributed by atoms with Gasteiger partial charge in [0.25, 0.3) is 5.91 Å². The molecule has 1 N–H and O–H groups in total. The number of carbonyl (C=O) groups excluding carboxylic acids is 1. The Morgan fingerprint density at radius 2 is 2.12 bits per heavy atom. The zero-order chi connectivity index (χ0) is 17.9. The molecule has 0 aliphatic carbocycles. The lowest BCUT2D eigenvalue weighted by Gasteiger charge is -2.02. The Kier molecular flexibility index (Phi) is 3.90. The van der Waals surface area contributed by atoms with Crippen LogP contribution in [0.4, 0.5) is 6.01 Å². The molecule has 0 saturated carbocycles. The number of tetrazole rings is 1. The molecule has 0 spiro atoms. The first-order valence-electron chi connectivity index (χ1n) is 7.60. The Morgan fingerprint density at radius 3 is 2.92 bits per heavy atom. The summed E-state index contributed by atoms with van der Waals surface area (Å²) in [4.78, 5) is 25.0. The van der Waals surface area contributed by atoms with Gasteiger partial charge in [0.1, 0.15) is 12.0 Å². The summed E-state index contributed by atoms with van der Waals surface area (Å²) in [6.45, 7) is 1.91. The molecule has 4 rings (SSSR count). The van der Waals surface area contributed by atoms with Crippen molar-refractivity contribution in [3.63, 3.8) is 0 Å². The molecule has 0 aliphatic heterocycles. The van der Waals surface area contributed by atoms with E-state index < -0.39 is 5.91 Å². The standard InChI is InChI=1S/C16H12N8O2/c1-10-4-2-7-18-13(10)12-9-26-16(19-12)20-15(25)14-21-22-23-24(14)11-5-3-6-17-8-11/h2-9H,1H3,(H,19,20,25). The highest BCUT2D eigenvalue weighted by atomic mass is 16.4. The van der Waals surface area contributed by atoms with Crippen molar-refractivity contribution in [1.29, 1.82) is 0 Å². The number of oxazole rings is 1. The molecule has 0 radical (unpaired) electrons. The van der Waals surface area contributed by atoms with Gasteiger partial charge in [-0.05, 0) is 41.1 Å². The van der Waals surface area contributed by atoms with Crippen molar-refractivity contribution < 1.29 is 9.21 Å². The lowest BCUT2D eigenvalue weighted by atomic mass is 10.2. The van der Waals surface area contributed by atoms with Crippen LogP contribution in [0.2, 0.25) is 0 Å². The van der Waals surface area contributed by atoms with Crippen LogP contribution in [0.1, 0.15) is 16.2 Å². The Labute approximate surface area is 146 Å². The molecule has 128 valence electrons. The second-order valence-corrected chi connectivity index (χ2v) is 5.29. The maximum atomic E-state index is 12.5. The molecule has 0 saturated heterocycles. The van der Waals surface area contributed by atoms with Crippen LogP contribution in [-0.2, 0) is 0 Å². The van der Waals surface area contributed by atoms with E-state index in [1.165, 1.54) is 10.9 Å². The van der Waals surface area contributed by atoms with E-state index in [0.717, 1.165) is 5.56 Å². The number of nitrogens with one attached hydrogen (secondary N) is 1. The largest absolute Gasteiger partial charge is 0.431 e. The number of rotatable bonds is 4. The van der Waals surface area contributed by atoms with Crippen molar-refractivity contribution in [2.24, 2.45) is 0 Å². The number of hydrogen-bond acceptors (Lipinski definition) is 8. The van der Waals surface area contributed by atoms with Crippen LogP contribution < -0.4 is 5.32 Å². The highest BCUT2D eigenvalue weighted by molar-refractivity contribution is 6.00. The van der Waals surface area contributed by atoms with Crippen LogP contribution in [0.15, 0.2) is 53.5 Å². The minimum absolute atomic E-state index is 0.0215. The van der Waals surface area contributed by atoms with Gasteiger partial charge in [-0.25, -0.2) is 0 Å². The van der Waals surface area contributed by atoms with Gasteiger partial charge in [0, 0.05) is 12.4 Å². The van der Waals surface area contributed by atoms with Crippen molar-refractivity contribution in [2.45, 2.75) is 6.92 Å². The molecule has 0 aliphatic rings. The number of hydrogen-bond donors (Lipinski definition) is 1. The molecule has 26 heavy (non-hydrogen) atoms. The normalized spacial score (nSPS) is 10.7. The predicted molar refractivity (Wildman–Crippen MR) is 89.4 cm³/mol. The molecule has 0 aromatic carbocycles. The molecular formula is C16H12N8O2. The molecule has 0 fully saturated rings. The van der Waals surface area contributed by atoms with Crippen LogP contribution in [0, 0.1) is 6.92 Å². The van der Waals surface area contributed by atoms with Crippen molar-refractivity contribution >= 4 is 11.9 Å². The van der Waals surface area contributed by atoms with E-state index in [1.54, 1.807) is 30.7 Å². The quantitative estimate of drug-likeness (QED) is 0.590. The molecule has 1 amide bonds. The van der Waals surface area contributed by atoms with E-state index >= 15 is 0 Å². The number of nitrogens with zero attached hydrogens (tertiary/aromatic N) is 7. The van der Waals surface area contributed by atoms with Gasteiger partial charge in [-0.1, -0.05) is 6.07 Å². The Morgan fingerprint density at radius 1 is 1.23 bits per heavy atom. The molecule has 4 heterocycles. The Bertz CT molecular complexity index is 1060. The highest BCUT2D eigenvalue weighted by Gasteiger charge is 2.19. The molecular weight excluding hydrogens is 336 g/mol. The second-order valence-electron chi connectivity index (χ2n) is 5.29. The van der Waals surface area contributed by atoms with Crippen molar-refractivity contribution in [3.05, 3.63) is 60.5 Å². The first-order chi connectivity index (χ1) is 12.7. The molecule has 4 aromatic heterocycles.